The Morgan fingerprint density at radius 1 is 0.319 bits per heavy atom. The molecule has 138 heavy (non-hydrogen) atoms. The van der Waals surface area contributed by atoms with E-state index in [0.29, 0.717) is 12.1 Å². The Morgan fingerprint density at radius 2 is 0.630 bits per heavy atom. The van der Waals surface area contributed by atoms with Gasteiger partial charge >= 0.3 is 35.9 Å². The third kappa shape index (κ3) is 18.2. The monoisotopic (exact) mass is 2000 g/mol. The summed E-state index contributed by atoms with van der Waals surface area (Å²) >= 11 is 0. The van der Waals surface area contributed by atoms with Gasteiger partial charge in [0.1, 0.15) is 31.1 Å². The predicted octanol–water partition coefficient (Wildman–Crippen LogP) is 9.00. The fourth-order valence-electron chi connectivity index (χ4n) is 15.2. The topological polar surface area (TPSA) is 756 Å². The zero-order valence-electron chi connectivity index (χ0n) is 69.0. The quantitative estimate of drug-likeness (QED) is 0.0109. The van der Waals surface area contributed by atoms with Crippen molar-refractivity contribution in [3.8, 4) is 45.8 Å². The molecule has 0 unspecified atom stereocenters. The molecule has 2 aliphatic carbocycles. The Kier molecular flexibility index (Phi) is 23.8. The van der Waals surface area contributed by atoms with Crippen molar-refractivity contribution in [1.82, 2.24) is 39.0 Å². The summed E-state index contributed by atoms with van der Waals surface area (Å²) in [5, 5.41) is 55.2. The van der Waals surface area contributed by atoms with E-state index in [4.69, 9.17) is 9.47 Å². The predicted molar refractivity (Wildman–Crippen MR) is 478 cm³/mol. The summed E-state index contributed by atoms with van der Waals surface area (Å²) in [6, 6.07) is 28.0. The van der Waals surface area contributed by atoms with Crippen LogP contribution >= 0.6 is 0 Å². The second-order valence-corrected chi connectivity index (χ2v) is 38.2. The number of carbonyl (C=O) groups excluding carboxylic acids is 4. The smallest absolute Gasteiger partial charge is 0.335 e. The van der Waals surface area contributed by atoms with Crippen molar-refractivity contribution in [2.75, 3.05) is 45.0 Å². The fraction of sp³-hybridized carbons (Fsp3) is 0.0476. The first kappa shape index (κ1) is 94.3. The normalized spacial score (nSPS) is 12.4. The molecule has 4 aromatic heterocycles. The lowest BCUT2D eigenvalue weighted by atomic mass is 9.80. The van der Waals surface area contributed by atoms with Gasteiger partial charge in [-0.3, -0.25) is 56.1 Å². The first-order chi connectivity index (χ1) is 64.8. The fourth-order valence-corrected chi connectivity index (χ4v) is 19.0. The second kappa shape index (κ2) is 34.8. The van der Waals surface area contributed by atoms with Crippen LogP contribution in [-0.4, -0.2) is 197 Å². The van der Waals surface area contributed by atoms with E-state index >= 15 is 9.59 Å². The number of benzene rings is 10. The highest BCUT2D eigenvalue weighted by atomic mass is 32.2. The molecular weight excluding hydrogens is 1940 g/mol. The van der Waals surface area contributed by atoms with Crippen LogP contribution in [0.3, 0.4) is 0 Å². The van der Waals surface area contributed by atoms with E-state index in [0.717, 1.165) is 106 Å². The number of rotatable bonds is 31. The Bertz CT molecular complexity index is 8240. The SMILES string of the molecule is Cn1c(=O)c(C(=O)c2cccc(S(=O)(=O)O)c2)c2c3c(c(Nc4cc(Nc5nc(NCCNc6nc(Nc7cc(Nc8ccc9c%10c8C(=O)c8ccccc8-c%10c(C(=O)c8cccc(S(=O)(=O)O)c8)c(=O)n9C)c(S(=O)(=O)O)cc7S(=O)(=O)O)nc(Oc7cc(C(=O)O)cc(C(=O)O)c7)n6)nc(Oc6cc(C(=O)O)cc(C(=O)O)c6)n5)c(S(=O)(=O)O)cc4S(=O)(=O)O)ccc31)C(=O)c1ccccc1-2. The van der Waals surface area contributed by atoms with Gasteiger partial charge in [-0.25, -0.2) is 19.2 Å². The van der Waals surface area contributed by atoms with Crippen LogP contribution in [-0.2, 0) is 74.8 Å². The van der Waals surface area contributed by atoms with Crippen molar-refractivity contribution in [1.29, 1.82) is 0 Å². The first-order valence-corrected chi connectivity index (χ1v) is 47.3. The number of pyridine rings is 2. The van der Waals surface area contributed by atoms with E-state index in [1.54, 1.807) is 0 Å². The number of hydrogen-bond donors (Lipinski definition) is 16. The first-order valence-electron chi connectivity index (χ1n) is 38.6. The minimum absolute atomic E-state index is 0.0213. The summed E-state index contributed by atoms with van der Waals surface area (Å²) in [6.07, 6.45) is 0. The number of ketones is 4. The molecule has 0 bridgehead atoms. The summed E-state index contributed by atoms with van der Waals surface area (Å²) in [5.41, 5.74) is -13.3. The molecule has 2 aliphatic rings. The number of nitrogens with zero attached hydrogens (tertiary/aromatic N) is 8. The van der Waals surface area contributed by atoms with Crippen LogP contribution in [0.1, 0.15) is 105 Å². The van der Waals surface area contributed by atoms with Crippen LogP contribution in [0.25, 0.3) is 44.1 Å². The van der Waals surface area contributed by atoms with E-state index in [1.807, 2.05) is 0 Å². The van der Waals surface area contributed by atoms with Crippen molar-refractivity contribution in [3.63, 3.8) is 0 Å². The van der Waals surface area contributed by atoms with Gasteiger partial charge < -0.3 is 70.9 Å². The number of anilines is 10. The molecule has 16 N–H and O–H groups in total. The molecular formula is C84H56N14O34S6. The number of carboxylic acid groups (broad SMARTS) is 4. The minimum atomic E-state index is -5.77. The molecule has 0 saturated carbocycles. The molecule has 0 fully saturated rings. The summed E-state index contributed by atoms with van der Waals surface area (Å²) in [4.78, 5) is 156. The van der Waals surface area contributed by atoms with Crippen molar-refractivity contribution in [2.24, 2.45) is 14.1 Å². The number of carbonyl (C=O) groups is 8. The van der Waals surface area contributed by atoms with E-state index in [-0.39, 0.29) is 67.3 Å². The number of hydrogen-bond acceptors (Lipinski definition) is 36. The molecule has 4 heterocycles. The van der Waals surface area contributed by atoms with Crippen molar-refractivity contribution in [3.05, 3.63) is 269 Å². The zero-order valence-corrected chi connectivity index (χ0v) is 73.9. The van der Waals surface area contributed by atoms with Gasteiger partial charge in [0, 0.05) is 71.3 Å². The van der Waals surface area contributed by atoms with Gasteiger partial charge in [0.05, 0.1) is 99.5 Å². The number of fused-ring (bicyclic) bond motifs is 4. The van der Waals surface area contributed by atoms with E-state index in [2.05, 4.69) is 61.8 Å². The van der Waals surface area contributed by atoms with Crippen LogP contribution in [0.2, 0.25) is 0 Å². The highest BCUT2D eigenvalue weighted by Crippen LogP contribution is 2.49. The molecule has 0 aliphatic heterocycles. The van der Waals surface area contributed by atoms with E-state index in [9.17, 15) is 137 Å². The molecule has 0 saturated heterocycles. The number of ether oxygens (including phenoxy) is 2. The molecule has 702 valence electrons. The van der Waals surface area contributed by atoms with Gasteiger partial charge in [-0.2, -0.15) is 80.4 Å². The van der Waals surface area contributed by atoms with Gasteiger partial charge in [-0.15, -0.1) is 0 Å². The van der Waals surface area contributed by atoms with Gasteiger partial charge in [0.25, 0.3) is 71.8 Å². The molecule has 0 amide bonds. The Hall–Kier alpha value is -16.9. The Balaban J connectivity index is 0.781. The van der Waals surface area contributed by atoms with Crippen LogP contribution in [0.15, 0.2) is 221 Å². The molecule has 0 atom stereocenters. The lowest BCUT2D eigenvalue weighted by molar-refractivity contribution is 0.0675. The molecule has 14 aromatic rings. The minimum Gasteiger partial charge on any atom is -0.478 e. The van der Waals surface area contributed by atoms with Crippen molar-refractivity contribution >= 4 is 187 Å². The van der Waals surface area contributed by atoms with E-state index in [1.165, 1.54) is 74.8 Å². The molecule has 0 radical (unpaired) electrons. The molecule has 48 nitrogen and oxygen atoms in total. The molecule has 10 aromatic carbocycles. The Morgan fingerprint density at radius 3 is 0.942 bits per heavy atom. The van der Waals surface area contributed by atoms with Crippen LogP contribution in [0.4, 0.5) is 57.9 Å². The highest BCUT2D eigenvalue weighted by Gasteiger charge is 2.39. The second-order valence-electron chi connectivity index (χ2n) is 29.8. The maximum Gasteiger partial charge on any atom is 0.335 e. The summed E-state index contributed by atoms with van der Waals surface area (Å²) in [5.74, 6) is -15.3. The largest absolute Gasteiger partial charge is 0.478 e. The average Bonchev–Trinajstić information content (AvgIpc) is 0.706. The number of nitrogens with one attached hydrogen (secondary N) is 6. The average molecular weight is 2000 g/mol. The third-order valence-electron chi connectivity index (χ3n) is 21.2. The van der Waals surface area contributed by atoms with Crippen molar-refractivity contribution < 1.29 is 146 Å². The summed E-state index contributed by atoms with van der Waals surface area (Å²) < 4.78 is 235. The Labute approximate surface area is 771 Å². The van der Waals surface area contributed by atoms with Gasteiger partial charge in [0.2, 0.25) is 23.8 Å². The molecule has 16 rings (SSSR count). The van der Waals surface area contributed by atoms with Crippen LogP contribution in [0.5, 0.6) is 23.5 Å². The zero-order chi connectivity index (χ0) is 99.5. The number of aromatic carboxylic acids is 4. The molecule has 54 heteroatoms. The number of carboxylic acids is 4. The maximum absolute atomic E-state index is 15.1. The van der Waals surface area contributed by atoms with Gasteiger partial charge in [-0.05, 0) is 120 Å². The third-order valence-corrected chi connectivity index (χ3v) is 26.4. The number of aryl methyl sites for hydroxylation is 2. The van der Waals surface area contributed by atoms with E-state index < -0.39 is 298 Å². The maximum atomic E-state index is 15.1. The van der Waals surface area contributed by atoms with Crippen LogP contribution in [0, 0.1) is 0 Å². The lowest BCUT2D eigenvalue weighted by Crippen LogP contribution is -2.29. The van der Waals surface area contributed by atoms with Crippen molar-refractivity contribution in [2.45, 2.75) is 29.4 Å². The van der Waals surface area contributed by atoms with Crippen LogP contribution < -0.4 is 52.5 Å². The molecule has 0 spiro atoms. The van der Waals surface area contributed by atoms with Gasteiger partial charge in [0.15, 0.2) is 23.1 Å². The summed E-state index contributed by atoms with van der Waals surface area (Å²) in [6.45, 7) is -1.15. The van der Waals surface area contributed by atoms with Gasteiger partial charge in [-0.1, -0.05) is 72.8 Å². The standard InChI is InChI=1S/C84H56N14O34S6/c1-97-55-19-17-49(63-65(55)61(45-13-3-5-15-47(45)71(63)101)67(73(97)103)69(99)35-9-7-11-43(29-35)133(113,114)115)87-51-31-53(59(137(125,126)127)33-57(51)135(119,120)121)89-81-91-79(93-83(95-81)131-41-25-37(75(105)106)23-38(26-41)76(107)108)85-21-22-86-80-92-82(96-84(94-80)132-42-27-39(77(109)110)24-40(28-42)78(111)112)90-54-32-52(58(136(122,123)124)34-60(54)138(128,129)130)88-50-18-20-56-66-62(46-14-4-6-16-48(46)72(102)64(50)66)68(74(104)98(56)2)70(100)36-10-8-12-44(30-36)134(116,117)118/h3-20,23-34,87-88H,21-22H2,1-2H3,(H,105,106)(H,107,108)(H,109,110)(H,111,112)(H,113,114,115)(H,116,117,118)(H,119,120,121)(H,122,123,124)(H,125,126,127)(H,128,129,130)(H2,85,89,91,93,95)(H2,86,90,92,94,96). The number of aromatic nitrogens is 8. The highest BCUT2D eigenvalue weighted by molar-refractivity contribution is 7.87. The summed E-state index contributed by atoms with van der Waals surface area (Å²) in [7, 11) is -30.5. The lowest BCUT2D eigenvalue weighted by Gasteiger charge is -2.26.